The van der Waals surface area contributed by atoms with E-state index in [1.54, 1.807) is 6.07 Å². The van der Waals surface area contributed by atoms with Crippen LogP contribution >= 0.6 is 0 Å². The summed E-state index contributed by atoms with van der Waals surface area (Å²) >= 11 is 0. The number of Topliss-reactive ketones (excluding diaryl/α,β-unsaturated/α-hetero) is 1. The second-order valence-electron chi connectivity index (χ2n) is 5.50. The van der Waals surface area contributed by atoms with Gasteiger partial charge in [-0.05, 0) is 60.8 Å². The van der Waals surface area contributed by atoms with Crippen molar-refractivity contribution >= 4 is 5.78 Å². The van der Waals surface area contributed by atoms with Crippen molar-refractivity contribution < 1.29 is 9.90 Å². The highest BCUT2D eigenvalue weighted by molar-refractivity contribution is 5.80. The lowest BCUT2D eigenvalue weighted by molar-refractivity contribution is -0.117. The van der Waals surface area contributed by atoms with Crippen LogP contribution in [0, 0.1) is 11.8 Å². The van der Waals surface area contributed by atoms with Crippen LogP contribution in [-0.4, -0.2) is 10.9 Å². The van der Waals surface area contributed by atoms with Crippen molar-refractivity contribution in [2.75, 3.05) is 0 Å². The van der Waals surface area contributed by atoms with Gasteiger partial charge in [0.1, 0.15) is 11.5 Å². The number of carbonyl (C=O) groups is 1. The van der Waals surface area contributed by atoms with Crippen LogP contribution in [0.1, 0.15) is 36.8 Å². The van der Waals surface area contributed by atoms with Gasteiger partial charge in [0.05, 0.1) is 0 Å². The van der Waals surface area contributed by atoms with E-state index in [1.807, 2.05) is 12.1 Å². The molecule has 1 aromatic carbocycles. The third kappa shape index (κ3) is 2.08. The summed E-state index contributed by atoms with van der Waals surface area (Å²) < 4.78 is 0. The highest BCUT2D eigenvalue weighted by Crippen LogP contribution is 2.38. The lowest BCUT2D eigenvalue weighted by atomic mass is 9.76. The molecule has 0 spiro atoms. The molecule has 17 heavy (non-hydrogen) atoms. The highest BCUT2D eigenvalue weighted by atomic mass is 16.3. The minimum atomic E-state index is 0.373. The number of carbonyl (C=O) groups excluding carboxylic acids is 1. The summed E-state index contributed by atoms with van der Waals surface area (Å²) in [5.74, 6) is 2.12. The molecule has 2 aliphatic carbocycles. The molecular formula is C15H18O2. The Labute approximate surface area is 102 Å². The predicted molar refractivity (Wildman–Crippen MR) is 66.0 cm³/mol. The van der Waals surface area contributed by atoms with E-state index in [2.05, 4.69) is 0 Å². The van der Waals surface area contributed by atoms with Crippen LogP contribution in [0.2, 0.25) is 0 Å². The van der Waals surface area contributed by atoms with Crippen molar-refractivity contribution in [3.05, 3.63) is 29.3 Å². The van der Waals surface area contributed by atoms with Gasteiger partial charge in [0.2, 0.25) is 0 Å². The van der Waals surface area contributed by atoms with E-state index in [4.69, 9.17) is 0 Å². The van der Waals surface area contributed by atoms with E-state index < -0.39 is 0 Å². The number of phenolic OH excluding ortho intramolecular Hbond substituents is 1. The van der Waals surface area contributed by atoms with Gasteiger partial charge in [-0.2, -0.15) is 0 Å². The molecule has 0 radical (unpaired) electrons. The first-order valence-electron chi connectivity index (χ1n) is 6.55. The van der Waals surface area contributed by atoms with Crippen molar-refractivity contribution in [2.24, 2.45) is 11.8 Å². The third-order valence-electron chi connectivity index (χ3n) is 4.41. The number of hydrogen-bond donors (Lipinski definition) is 1. The molecule has 2 atom stereocenters. The maximum absolute atomic E-state index is 11.4. The monoisotopic (exact) mass is 230 g/mol. The Bertz CT molecular complexity index is 450. The van der Waals surface area contributed by atoms with Crippen LogP contribution in [0.25, 0.3) is 0 Å². The quantitative estimate of drug-likeness (QED) is 0.805. The Kier molecular flexibility index (Phi) is 2.65. The fourth-order valence-electron chi connectivity index (χ4n) is 3.42. The number of phenols is 1. The Morgan fingerprint density at radius 1 is 1.00 bits per heavy atom. The second-order valence-corrected chi connectivity index (χ2v) is 5.50. The second kappa shape index (κ2) is 4.17. The molecule has 3 rings (SSSR count). The first-order valence-corrected chi connectivity index (χ1v) is 6.55. The summed E-state index contributed by atoms with van der Waals surface area (Å²) in [6.07, 6.45) is 6.01. The van der Waals surface area contributed by atoms with Crippen LogP contribution in [0.15, 0.2) is 18.2 Å². The van der Waals surface area contributed by atoms with E-state index in [0.717, 1.165) is 32.1 Å². The first kappa shape index (κ1) is 10.8. The molecule has 2 aliphatic rings. The zero-order valence-corrected chi connectivity index (χ0v) is 9.98. The van der Waals surface area contributed by atoms with Crippen molar-refractivity contribution in [2.45, 2.75) is 38.5 Å². The standard InChI is InChI=1S/C15H18O2/c16-14-5-3-11-7-10(1-2-12(11)8-14)13-4-6-15(17)9-13/h3,5,8,10,13,16H,1-2,4,6-7,9H2. The molecule has 0 saturated heterocycles. The Morgan fingerprint density at radius 3 is 2.53 bits per heavy atom. The van der Waals surface area contributed by atoms with Crippen LogP contribution in [-0.2, 0) is 17.6 Å². The van der Waals surface area contributed by atoms with Crippen LogP contribution < -0.4 is 0 Å². The number of aromatic hydroxyl groups is 1. The fourth-order valence-corrected chi connectivity index (χ4v) is 3.42. The SMILES string of the molecule is O=C1CCC(C2CCc3cc(O)ccc3C2)C1. The molecule has 2 nitrogen and oxygen atoms in total. The third-order valence-corrected chi connectivity index (χ3v) is 4.41. The number of rotatable bonds is 1. The first-order chi connectivity index (χ1) is 8.22. The van der Waals surface area contributed by atoms with Crippen molar-refractivity contribution in [3.8, 4) is 5.75 Å². The molecule has 0 aromatic heterocycles. The van der Waals surface area contributed by atoms with Gasteiger partial charge in [-0.25, -0.2) is 0 Å². The van der Waals surface area contributed by atoms with Crippen LogP contribution in [0.4, 0.5) is 0 Å². The summed E-state index contributed by atoms with van der Waals surface area (Å²) in [5, 5.41) is 9.46. The summed E-state index contributed by atoms with van der Waals surface area (Å²) in [6, 6.07) is 5.72. The Balaban J connectivity index is 1.76. The molecular weight excluding hydrogens is 212 g/mol. The smallest absolute Gasteiger partial charge is 0.133 e. The predicted octanol–water partition coefficient (Wildman–Crippen LogP) is 2.87. The molecule has 90 valence electrons. The molecule has 0 bridgehead atoms. The summed E-state index contributed by atoms with van der Waals surface area (Å²) in [7, 11) is 0. The highest BCUT2D eigenvalue weighted by Gasteiger charge is 2.31. The Hall–Kier alpha value is -1.31. The molecule has 2 unspecified atom stereocenters. The largest absolute Gasteiger partial charge is 0.508 e. The minimum Gasteiger partial charge on any atom is -0.508 e. The summed E-state index contributed by atoms with van der Waals surface area (Å²) in [5.41, 5.74) is 2.67. The number of hydrogen-bond acceptors (Lipinski definition) is 2. The van der Waals surface area contributed by atoms with Crippen molar-refractivity contribution in [3.63, 3.8) is 0 Å². The van der Waals surface area contributed by atoms with Gasteiger partial charge in [0.15, 0.2) is 0 Å². The molecule has 0 heterocycles. The molecule has 2 heteroatoms. The molecule has 1 N–H and O–H groups in total. The number of fused-ring (bicyclic) bond motifs is 1. The summed E-state index contributed by atoms with van der Waals surface area (Å²) in [4.78, 5) is 11.4. The average Bonchev–Trinajstić information content (AvgIpc) is 2.75. The lowest BCUT2D eigenvalue weighted by Crippen LogP contribution is -2.21. The Morgan fingerprint density at radius 2 is 1.76 bits per heavy atom. The molecule has 0 amide bonds. The number of aryl methyl sites for hydroxylation is 1. The minimum absolute atomic E-state index is 0.373. The van der Waals surface area contributed by atoms with Gasteiger partial charge >= 0.3 is 0 Å². The topological polar surface area (TPSA) is 37.3 Å². The lowest BCUT2D eigenvalue weighted by Gasteiger charge is -2.28. The van der Waals surface area contributed by atoms with Gasteiger partial charge in [0, 0.05) is 12.8 Å². The maximum Gasteiger partial charge on any atom is 0.133 e. The zero-order valence-electron chi connectivity index (χ0n) is 9.98. The van der Waals surface area contributed by atoms with Crippen molar-refractivity contribution in [1.29, 1.82) is 0 Å². The van der Waals surface area contributed by atoms with Gasteiger partial charge in [-0.3, -0.25) is 4.79 Å². The maximum atomic E-state index is 11.4. The molecule has 1 aromatic rings. The van der Waals surface area contributed by atoms with Crippen molar-refractivity contribution in [1.82, 2.24) is 0 Å². The van der Waals surface area contributed by atoms with E-state index in [1.165, 1.54) is 17.5 Å². The van der Waals surface area contributed by atoms with Gasteiger partial charge in [-0.15, -0.1) is 0 Å². The van der Waals surface area contributed by atoms with E-state index in [-0.39, 0.29) is 0 Å². The van der Waals surface area contributed by atoms with Gasteiger partial charge in [0.25, 0.3) is 0 Å². The van der Waals surface area contributed by atoms with E-state index >= 15 is 0 Å². The zero-order chi connectivity index (χ0) is 11.8. The van der Waals surface area contributed by atoms with Crippen LogP contribution in [0.3, 0.4) is 0 Å². The molecule has 0 aliphatic heterocycles. The average molecular weight is 230 g/mol. The van der Waals surface area contributed by atoms with Gasteiger partial charge in [-0.1, -0.05) is 6.07 Å². The fraction of sp³-hybridized carbons (Fsp3) is 0.533. The van der Waals surface area contributed by atoms with Crippen LogP contribution in [0.5, 0.6) is 5.75 Å². The summed E-state index contributed by atoms with van der Waals surface area (Å²) in [6.45, 7) is 0. The number of ketones is 1. The van der Waals surface area contributed by atoms with E-state index in [9.17, 15) is 9.90 Å². The van der Waals surface area contributed by atoms with Gasteiger partial charge < -0.3 is 5.11 Å². The number of benzene rings is 1. The molecule has 1 saturated carbocycles. The normalized spacial score (nSPS) is 28.1. The molecule has 1 fully saturated rings. The van der Waals surface area contributed by atoms with E-state index in [0.29, 0.717) is 23.4 Å².